The summed E-state index contributed by atoms with van der Waals surface area (Å²) in [6.45, 7) is 6.41. The van der Waals surface area contributed by atoms with Crippen molar-refractivity contribution in [2.75, 3.05) is 0 Å². The van der Waals surface area contributed by atoms with Crippen molar-refractivity contribution in [1.82, 2.24) is 0 Å². The first-order valence-corrected chi connectivity index (χ1v) is 9.59. The maximum Gasteiger partial charge on any atom is 0.310 e. The third-order valence-electron chi connectivity index (χ3n) is 5.19. The van der Waals surface area contributed by atoms with Gasteiger partial charge in [-0.25, -0.2) is 0 Å². The number of allylic oxidation sites excluding steroid dienone is 2. The van der Waals surface area contributed by atoms with Crippen LogP contribution in [0.4, 0.5) is 0 Å². The smallest absolute Gasteiger partial charge is 0.310 e. The number of carbonyl (C=O) groups excluding carboxylic acids is 1. The number of rotatable bonds is 11. The fourth-order valence-corrected chi connectivity index (χ4v) is 3.26. The van der Waals surface area contributed by atoms with Crippen LogP contribution in [0, 0.1) is 17.8 Å². The van der Waals surface area contributed by atoms with Gasteiger partial charge in [0.05, 0.1) is 11.8 Å². The maximum atomic E-state index is 12.6. The van der Waals surface area contributed by atoms with Crippen molar-refractivity contribution < 1.29 is 19.4 Å². The largest absolute Gasteiger partial charge is 0.481 e. The van der Waals surface area contributed by atoms with Crippen LogP contribution in [0.5, 0.6) is 0 Å². The fourth-order valence-electron chi connectivity index (χ4n) is 3.26. The predicted octanol–water partition coefficient (Wildman–Crippen LogP) is 4.97. The van der Waals surface area contributed by atoms with E-state index in [1.54, 1.807) is 0 Å². The van der Waals surface area contributed by atoms with Gasteiger partial charge in [-0.2, -0.15) is 0 Å². The molecule has 1 aliphatic rings. The van der Waals surface area contributed by atoms with Crippen molar-refractivity contribution in [1.29, 1.82) is 0 Å². The van der Waals surface area contributed by atoms with E-state index in [0.29, 0.717) is 18.8 Å². The molecule has 0 aromatic rings. The van der Waals surface area contributed by atoms with E-state index in [0.717, 1.165) is 19.3 Å². The van der Waals surface area contributed by atoms with E-state index in [1.165, 1.54) is 25.7 Å². The van der Waals surface area contributed by atoms with Gasteiger partial charge < -0.3 is 9.84 Å². The highest BCUT2D eigenvalue weighted by Crippen LogP contribution is 2.29. The van der Waals surface area contributed by atoms with Crippen molar-refractivity contribution in [3.8, 4) is 0 Å². The van der Waals surface area contributed by atoms with Crippen LogP contribution in [0.2, 0.25) is 0 Å². The maximum absolute atomic E-state index is 12.6. The van der Waals surface area contributed by atoms with Crippen molar-refractivity contribution in [2.45, 2.75) is 84.7 Å². The lowest BCUT2D eigenvalue weighted by molar-refractivity contribution is -0.164. The fraction of sp³-hybridized carbons (Fsp3) is 0.800. The molecule has 4 atom stereocenters. The number of carboxylic acids is 1. The van der Waals surface area contributed by atoms with E-state index in [2.05, 4.69) is 20.8 Å². The minimum atomic E-state index is -0.902. The number of hydrogen-bond donors (Lipinski definition) is 1. The molecule has 4 heteroatoms. The van der Waals surface area contributed by atoms with Gasteiger partial charge >= 0.3 is 11.9 Å². The quantitative estimate of drug-likeness (QED) is 0.328. The molecule has 0 heterocycles. The Morgan fingerprint density at radius 1 is 1.08 bits per heavy atom. The Bertz CT molecular complexity index is 416. The van der Waals surface area contributed by atoms with E-state index in [-0.39, 0.29) is 12.1 Å². The van der Waals surface area contributed by atoms with Crippen LogP contribution in [-0.2, 0) is 14.3 Å². The molecule has 138 valence electrons. The number of unbranched alkanes of at least 4 members (excludes halogenated alkanes) is 4. The third kappa shape index (κ3) is 6.66. The van der Waals surface area contributed by atoms with Gasteiger partial charge in [0.15, 0.2) is 0 Å². The summed E-state index contributed by atoms with van der Waals surface area (Å²) >= 11 is 0. The summed E-state index contributed by atoms with van der Waals surface area (Å²) in [4.78, 5) is 23.9. The van der Waals surface area contributed by atoms with E-state index < -0.39 is 17.8 Å². The molecule has 1 aliphatic carbocycles. The van der Waals surface area contributed by atoms with Crippen LogP contribution in [0.15, 0.2) is 12.2 Å². The van der Waals surface area contributed by atoms with Gasteiger partial charge in [-0.05, 0) is 31.6 Å². The molecule has 0 saturated heterocycles. The Labute approximate surface area is 146 Å². The van der Waals surface area contributed by atoms with Gasteiger partial charge in [-0.3, -0.25) is 9.59 Å². The van der Waals surface area contributed by atoms with Crippen LogP contribution in [-0.4, -0.2) is 23.1 Å². The lowest BCUT2D eigenvalue weighted by Crippen LogP contribution is -2.36. The third-order valence-corrected chi connectivity index (χ3v) is 5.19. The molecular weight excluding hydrogens is 304 g/mol. The van der Waals surface area contributed by atoms with E-state index in [1.807, 2.05) is 12.2 Å². The molecule has 0 radical (unpaired) electrons. The van der Waals surface area contributed by atoms with Crippen molar-refractivity contribution >= 4 is 11.9 Å². The van der Waals surface area contributed by atoms with Gasteiger partial charge in [0, 0.05) is 0 Å². The first kappa shape index (κ1) is 20.7. The summed E-state index contributed by atoms with van der Waals surface area (Å²) in [5, 5.41) is 9.33. The molecule has 0 fully saturated rings. The van der Waals surface area contributed by atoms with Gasteiger partial charge in [0.2, 0.25) is 0 Å². The second kappa shape index (κ2) is 11.3. The predicted molar refractivity (Wildman–Crippen MR) is 95.7 cm³/mol. The van der Waals surface area contributed by atoms with Crippen LogP contribution in [0.1, 0.15) is 78.6 Å². The van der Waals surface area contributed by atoms with E-state index in [4.69, 9.17) is 4.74 Å². The molecule has 0 bridgehead atoms. The van der Waals surface area contributed by atoms with E-state index in [9.17, 15) is 14.7 Å². The number of aliphatic carboxylic acids is 1. The van der Waals surface area contributed by atoms with E-state index >= 15 is 0 Å². The summed E-state index contributed by atoms with van der Waals surface area (Å²) < 4.78 is 5.79. The number of carbonyl (C=O) groups is 2. The molecule has 1 rings (SSSR count). The van der Waals surface area contributed by atoms with Gasteiger partial charge in [0.1, 0.15) is 6.10 Å². The van der Waals surface area contributed by atoms with Gasteiger partial charge in [-0.15, -0.1) is 0 Å². The Hall–Kier alpha value is -1.32. The Morgan fingerprint density at radius 3 is 2.29 bits per heavy atom. The zero-order chi connectivity index (χ0) is 17.9. The van der Waals surface area contributed by atoms with Crippen LogP contribution in [0.25, 0.3) is 0 Å². The molecule has 0 saturated carbocycles. The molecule has 0 amide bonds. The summed E-state index contributed by atoms with van der Waals surface area (Å²) in [7, 11) is 0. The minimum absolute atomic E-state index is 0.0931. The highest BCUT2D eigenvalue weighted by Gasteiger charge is 2.36. The lowest BCUT2D eigenvalue weighted by atomic mass is 9.83. The zero-order valence-corrected chi connectivity index (χ0v) is 15.5. The minimum Gasteiger partial charge on any atom is -0.481 e. The number of esters is 1. The standard InChI is InChI=1S/C20H34O4/c1-4-6-7-8-9-14-18(15(3)5-2)24-20(23)17-13-11-10-12-16(17)19(21)22/h10-11,15-18H,4-9,12-14H2,1-3H3,(H,21,22). The summed E-state index contributed by atoms with van der Waals surface area (Å²) in [6.07, 6.45) is 12.3. The van der Waals surface area contributed by atoms with Crippen LogP contribution in [0.3, 0.4) is 0 Å². The molecule has 1 N–H and O–H groups in total. The summed E-state index contributed by atoms with van der Waals surface area (Å²) in [6, 6.07) is 0. The monoisotopic (exact) mass is 338 g/mol. The Balaban J connectivity index is 2.59. The highest BCUT2D eigenvalue weighted by molar-refractivity contribution is 5.81. The average Bonchev–Trinajstić information content (AvgIpc) is 2.59. The molecule has 0 aliphatic heterocycles. The number of carboxylic acid groups (broad SMARTS) is 1. The zero-order valence-electron chi connectivity index (χ0n) is 15.5. The first-order valence-electron chi connectivity index (χ1n) is 9.59. The average molecular weight is 338 g/mol. The van der Waals surface area contributed by atoms with Crippen LogP contribution >= 0.6 is 0 Å². The Morgan fingerprint density at radius 2 is 1.71 bits per heavy atom. The molecule has 4 unspecified atom stereocenters. The van der Waals surface area contributed by atoms with Gasteiger partial charge in [-0.1, -0.05) is 65.0 Å². The highest BCUT2D eigenvalue weighted by atomic mass is 16.5. The number of hydrogen-bond acceptors (Lipinski definition) is 3. The SMILES string of the molecule is CCCCCCCC(OC(=O)C1CC=CCC1C(=O)O)C(C)CC. The number of ether oxygens (including phenoxy) is 1. The topological polar surface area (TPSA) is 63.6 Å². The van der Waals surface area contributed by atoms with Crippen molar-refractivity contribution in [2.24, 2.45) is 17.8 Å². The second-order valence-electron chi connectivity index (χ2n) is 7.06. The Kier molecular flexibility index (Phi) is 9.73. The molecule has 4 nitrogen and oxygen atoms in total. The summed E-state index contributed by atoms with van der Waals surface area (Å²) in [5.74, 6) is -2.11. The summed E-state index contributed by atoms with van der Waals surface area (Å²) in [5.41, 5.74) is 0. The molecule has 0 aromatic carbocycles. The van der Waals surface area contributed by atoms with Gasteiger partial charge in [0.25, 0.3) is 0 Å². The first-order chi connectivity index (χ1) is 11.5. The molecule has 24 heavy (non-hydrogen) atoms. The van der Waals surface area contributed by atoms with Crippen LogP contribution < -0.4 is 0 Å². The second-order valence-corrected chi connectivity index (χ2v) is 7.06. The van der Waals surface area contributed by atoms with Crippen molar-refractivity contribution in [3.63, 3.8) is 0 Å². The lowest BCUT2D eigenvalue weighted by Gasteiger charge is -2.28. The molecule has 0 aromatic heterocycles. The molecule has 0 spiro atoms. The van der Waals surface area contributed by atoms with Crippen molar-refractivity contribution in [3.05, 3.63) is 12.2 Å². The normalized spacial score (nSPS) is 22.8. The molecular formula is C20H34O4.